The van der Waals surface area contributed by atoms with Gasteiger partial charge in [0.1, 0.15) is 0 Å². The molecule has 1 atom stereocenters. The van der Waals surface area contributed by atoms with Crippen molar-refractivity contribution in [2.75, 3.05) is 32.7 Å². The average Bonchev–Trinajstić information content (AvgIpc) is 3.02. The van der Waals surface area contributed by atoms with E-state index < -0.39 is 0 Å². The van der Waals surface area contributed by atoms with Crippen LogP contribution in [0, 0.1) is 6.92 Å². The molecule has 5 heteroatoms. The number of benzene rings is 1. The maximum Gasteiger partial charge on any atom is 0.243 e. The van der Waals surface area contributed by atoms with Gasteiger partial charge < -0.3 is 4.52 Å². The molecule has 122 valence electrons. The number of aryl methyl sites for hydroxylation is 1. The van der Waals surface area contributed by atoms with Crippen LogP contribution < -0.4 is 0 Å². The maximum atomic E-state index is 5.29. The summed E-state index contributed by atoms with van der Waals surface area (Å²) < 4.78 is 5.29. The van der Waals surface area contributed by atoms with E-state index in [-0.39, 0.29) is 6.04 Å². The van der Waals surface area contributed by atoms with Crippen LogP contribution in [0.15, 0.2) is 40.9 Å². The van der Waals surface area contributed by atoms with Crippen LogP contribution in [0.4, 0.5) is 0 Å². The summed E-state index contributed by atoms with van der Waals surface area (Å²) in [4.78, 5) is 9.22. The van der Waals surface area contributed by atoms with Crippen LogP contribution >= 0.6 is 0 Å². The molecule has 0 radical (unpaired) electrons. The Morgan fingerprint density at radius 1 is 1.17 bits per heavy atom. The van der Waals surface area contributed by atoms with Gasteiger partial charge in [0.2, 0.25) is 5.89 Å². The molecule has 0 saturated carbocycles. The lowest BCUT2D eigenvalue weighted by Gasteiger charge is -2.36. The molecule has 1 fully saturated rings. The first-order valence-electron chi connectivity index (χ1n) is 8.20. The Balaban J connectivity index is 1.46. The van der Waals surface area contributed by atoms with Gasteiger partial charge in [-0.1, -0.05) is 47.6 Å². The monoisotopic (exact) mass is 312 g/mol. The standard InChI is InChI=1S/C18H24N4O/c1-15(18-19-16(2)20-23-18)22-13-11-21(12-14-22)10-6-9-17-7-4-3-5-8-17/h3-9,15H,10-14H2,1-2H3/b9-6-/t15-/m1/s1. The van der Waals surface area contributed by atoms with Gasteiger partial charge in [-0.25, -0.2) is 0 Å². The number of aromatic nitrogens is 2. The summed E-state index contributed by atoms with van der Waals surface area (Å²) in [6.45, 7) is 9.18. The molecule has 0 N–H and O–H groups in total. The predicted octanol–water partition coefficient (Wildman–Crippen LogP) is 2.77. The number of nitrogens with zero attached hydrogens (tertiary/aromatic N) is 4. The highest BCUT2D eigenvalue weighted by molar-refractivity contribution is 5.48. The van der Waals surface area contributed by atoms with E-state index >= 15 is 0 Å². The lowest BCUT2D eigenvalue weighted by atomic mass is 10.2. The minimum atomic E-state index is 0.193. The fourth-order valence-electron chi connectivity index (χ4n) is 2.87. The molecule has 5 nitrogen and oxygen atoms in total. The van der Waals surface area contributed by atoms with Crippen LogP contribution in [-0.2, 0) is 0 Å². The Hall–Kier alpha value is -1.98. The van der Waals surface area contributed by atoms with Crippen molar-refractivity contribution in [1.29, 1.82) is 0 Å². The predicted molar refractivity (Wildman–Crippen MR) is 90.9 cm³/mol. The van der Waals surface area contributed by atoms with Gasteiger partial charge in [0.05, 0.1) is 6.04 Å². The number of hydrogen-bond acceptors (Lipinski definition) is 5. The van der Waals surface area contributed by atoms with Crippen molar-refractivity contribution in [2.45, 2.75) is 19.9 Å². The van der Waals surface area contributed by atoms with Gasteiger partial charge in [0, 0.05) is 32.7 Å². The van der Waals surface area contributed by atoms with Crippen LogP contribution in [0.2, 0.25) is 0 Å². The van der Waals surface area contributed by atoms with E-state index in [1.54, 1.807) is 0 Å². The second-order valence-electron chi connectivity index (χ2n) is 6.01. The van der Waals surface area contributed by atoms with Crippen molar-refractivity contribution < 1.29 is 4.52 Å². The molecule has 0 unspecified atom stereocenters. The normalized spacial score (nSPS) is 18.5. The van der Waals surface area contributed by atoms with E-state index in [0.29, 0.717) is 5.82 Å². The molecule has 1 saturated heterocycles. The molecule has 0 aliphatic carbocycles. The third-order valence-corrected chi connectivity index (χ3v) is 4.33. The summed E-state index contributed by atoms with van der Waals surface area (Å²) in [5.74, 6) is 1.43. The Bertz CT molecular complexity index is 629. The lowest BCUT2D eigenvalue weighted by molar-refractivity contribution is 0.0947. The van der Waals surface area contributed by atoms with Gasteiger partial charge in [-0.2, -0.15) is 4.98 Å². The molecule has 0 amide bonds. The summed E-state index contributed by atoms with van der Waals surface area (Å²) in [6, 6.07) is 10.6. The van der Waals surface area contributed by atoms with E-state index in [4.69, 9.17) is 4.52 Å². The van der Waals surface area contributed by atoms with E-state index in [2.05, 4.69) is 63.3 Å². The molecule has 1 aromatic heterocycles. The summed E-state index contributed by atoms with van der Waals surface area (Å²) in [5.41, 5.74) is 1.26. The zero-order chi connectivity index (χ0) is 16.1. The van der Waals surface area contributed by atoms with Crippen LogP contribution in [0.25, 0.3) is 6.08 Å². The van der Waals surface area contributed by atoms with Crippen molar-refractivity contribution in [2.24, 2.45) is 0 Å². The molecule has 2 aromatic rings. The Kier molecular flexibility index (Phi) is 5.20. The molecular weight excluding hydrogens is 288 g/mol. The molecule has 1 aliphatic heterocycles. The largest absolute Gasteiger partial charge is 0.338 e. The summed E-state index contributed by atoms with van der Waals surface area (Å²) in [6.07, 6.45) is 4.44. The molecule has 2 heterocycles. The van der Waals surface area contributed by atoms with Gasteiger partial charge in [-0.05, 0) is 19.4 Å². The number of piperazine rings is 1. The second kappa shape index (κ2) is 7.53. The van der Waals surface area contributed by atoms with Crippen molar-refractivity contribution >= 4 is 6.08 Å². The molecule has 0 bridgehead atoms. The molecule has 1 aliphatic rings. The van der Waals surface area contributed by atoms with Crippen LogP contribution in [-0.4, -0.2) is 52.7 Å². The first kappa shape index (κ1) is 15.9. The van der Waals surface area contributed by atoms with Crippen LogP contribution in [0.1, 0.15) is 30.2 Å². The van der Waals surface area contributed by atoms with Gasteiger partial charge in [-0.15, -0.1) is 0 Å². The van der Waals surface area contributed by atoms with Crippen LogP contribution in [0.3, 0.4) is 0 Å². The number of rotatable bonds is 5. The van der Waals surface area contributed by atoms with Crippen molar-refractivity contribution in [3.63, 3.8) is 0 Å². The van der Waals surface area contributed by atoms with Crippen LogP contribution in [0.5, 0.6) is 0 Å². The minimum absolute atomic E-state index is 0.193. The summed E-state index contributed by atoms with van der Waals surface area (Å²) in [7, 11) is 0. The molecule has 1 aromatic carbocycles. The minimum Gasteiger partial charge on any atom is -0.338 e. The van der Waals surface area contributed by atoms with E-state index in [1.165, 1.54) is 5.56 Å². The zero-order valence-corrected chi connectivity index (χ0v) is 13.9. The SMILES string of the molecule is Cc1noc([C@@H](C)N2CCN(C/C=C\c3ccccc3)CC2)n1. The first-order valence-corrected chi connectivity index (χ1v) is 8.20. The molecule has 3 rings (SSSR count). The average molecular weight is 312 g/mol. The Labute approximate surface area is 137 Å². The topological polar surface area (TPSA) is 45.4 Å². The van der Waals surface area contributed by atoms with Crippen molar-refractivity contribution in [3.8, 4) is 0 Å². The lowest BCUT2D eigenvalue weighted by Crippen LogP contribution is -2.47. The fourth-order valence-corrected chi connectivity index (χ4v) is 2.87. The summed E-state index contributed by atoms with van der Waals surface area (Å²) in [5, 5.41) is 3.88. The van der Waals surface area contributed by atoms with Gasteiger partial charge in [0.15, 0.2) is 5.82 Å². The van der Waals surface area contributed by atoms with Gasteiger partial charge in [0.25, 0.3) is 0 Å². The second-order valence-corrected chi connectivity index (χ2v) is 6.01. The Morgan fingerprint density at radius 2 is 1.91 bits per heavy atom. The highest BCUT2D eigenvalue weighted by atomic mass is 16.5. The highest BCUT2D eigenvalue weighted by Crippen LogP contribution is 2.19. The van der Waals surface area contributed by atoms with Gasteiger partial charge >= 0.3 is 0 Å². The smallest absolute Gasteiger partial charge is 0.243 e. The third-order valence-electron chi connectivity index (χ3n) is 4.33. The van der Waals surface area contributed by atoms with Crippen molar-refractivity contribution in [3.05, 3.63) is 53.7 Å². The molecular formula is C18H24N4O. The number of hydrogen-bond donors (Lipinski definition) is 0. The molecule has 0 spiro atoms. The van der Waals surface area contributed by atoms with E-state index in [9.17, 15) is 0 Å². The maximum absolute atomic E-state index is 5.29. The van der Waals surface area contributed by atoms with Crippen molar-refractivity contribution in [1.82, 2.24) is 19.9 Å². The third kappa shape index (κ3) is 4.27. The summed E-state index contributed by atoms with van der Waals surface area (Å²) >= 11 is 0. The Morgan fingerprint density at radius 3 is 2.57 bits per heavy atom. The first-order chi connectivity index (χ1) is 11.2. The van der Waals surface area contributed by atoms with E-state index in [1.807, 2.05) is 13.0 Å². The molecule has 23 heavy (non-hydrogen) atoms. The fraction of sp³-hybridized carbons (Fsp3) is 0.444. The quantitative estimate of drug-likeness (QED) is 0.849. The highest BCUT2D eigenvalue weighted by Gasteiger charge is 2.24. The van der Waals surface area contributed by atoms with Gasteiger partial charge in [-0.3, -0.25) is 9.80 Å². The van der Waals surface area contributed by atoms with E-state index in [0.717, 1.165) is 38.6 Å². The zero-order valence-electron chi connectivity index (χ0n) is 13.9.